The highest BCUT2D eigenvalue weighted by molar-refractivity contribution is 6.32. The zero-order valence-electron chi connectivity index (χ0n) is 12.1. The molecule has 0 amide bonds. The van der Waals surface area contributed by atoms with Gasteiger partial charge in [0, 0.05) is 12.2 Å². The molecular weight excluding hydrogens is 284 g/mol. The average Bonchev–Trinajstić information content (AvgIpc) is 2.46. The van der Waals surface area contributed by atoms with Crippen molar-refractivity contribution >= 4 is 17.3 Å². The highest BCUT2D eigenvalue weighted by Crippen LogP contribution is 2.21. The monoisotopic (exact) mass is 300 g/mol. The van der Waals surface area contributed by atoms with Crippen molar-refractivity contribution in [2.75, 3.05) is 5.32 Å². The summed E-state index contributed by atoms with van der Waals surface area (Å²) in [4.78, 5) is 0. The quantitative estimate of drug-likeness (QED) is 0.877. The van der Waals surface area contributed by atoms with Crippen LogP contribution in [-0.4, -0.2) is 6.10 Å². The van der Waals surface area contributed by atoms with Crippen LogP contribution < -0.4 is 10.1 Å². The molecule has 0 heterocycles. The highest BCUT2D eigenvalue weighted by Gasteiger charge is 2.02. The SMILES string of the molecule is CC(C)Oc1ccc(CNc2ccc(C#N)c(Cl)c2)cc1. The van der Waals surface area contributed by atoms with Crippen molar-refractivity contribution in [1.29, 1.82) is 5.26 Å². The predicted octanol–water partition coefficient (Wildman–Crippen LogP) is 4.61. The molecule has 0 spiro atoms. The normalized spacial score (nSPS) is 10.2. The predicted molar refractivity (Wildman–Crippen MR) is 85.7 cm³/mol. The number of rotatable bonds is 5. The Morgan fingerprint density at radius 2 is 1.90 bits per heavy atom. The smallest absolute Gasteiger partial charge is 0.119 e. The molecule has 2 rings (SSSR count). The first kappa shape index (κ1) is 15.2. The van der Waals surface area contributed by atoms with Gasteiger partial charge < -0.3 is 10.1 Å². The van der Waals surface area contributed by atoms with Crippen molar-refractivity contribution in [3.05, 3.63) is 58.6 Å². The van der Waals surface area contributed by atoms with Crippen LogP contribution in [0.2, 0.25) is 5.02 Å². The van der Waals surface area contributed by atoms with E-state index in [0.717, 1.165) is 17.0 Å². The van der Waals surface area contributed by atoms with Crippen LogP contribution in [0.1, 0.15) is 25.0 Å². The lowest BCUT2D eigenvalue weighted by Crippen LogP contribution is -2.05. The van der Waals surface area contributed by atoms with Gasteiger partial charge in [0.05, 0.1) is 16.7 Å². The zero-order valence-corrected chi connectivity index (χ0v) is 12.8. The third-order valence-electron chi connectivity index (χ3n) is 2.88. The summed E-state index contributed by atoms with van der Waals surface area (Å²) in [5.41, 5.74) is 2.52. The Hall–Kier alpha value is -2.18. The molecule has 2 aromatic rings. The first-order valence-electron chi connectivity index (χ1n) is 6.77. The van der Waals surface area contributed by atoms with E-state index in [1.165, 1.54) is 0 Å². The fraction of sp³-hybridized carbons (Fsp3) is 0.235. The molecule has 108 valence electrons. The Kier molecular flexibility index (Phi) is 5.08. The first-order valence-corrected chi connectivity index (χ1v) is 7.15. The molecule has 0 unspecified atom stereocenters. The minimum Gasteiger partial charge on any atom is -0.491 e. The molecule has 0 aliphatic heterocycles. The fourth-order valence-electron chi connectivity index (χ4n) is 1.88. The lowest BCUT2D eigenvalue weighted by atomic mass is 10.2. The van der Waals surface area contributed by atoms with E-state index in [4.69, 9.17) is 21.6 Å². The van der Waals surface area contributed by atoms with Gasteiger partial charge in [-0.15, -0.1) is 0 Å². The van der Waals surface area contributed by atoms with Gasteiger partial charge in [0.2, 0.25) is 0 Å². The van der Waals surface area contributed by atoms with Crippen LogP contribution in [0.25, 0.3) is 0 Å². The summed E-state index contributed by atoms with van der Waals surface area (Å²) in [5.74, 6) is 0.871. The molecule has 0 fully saturated rings. The van der Waals surface area contributed by atoms with Crippen molar-refractivity contribution in [2.24, 2.45) is 0 Å². The lowest BCUT2D eigenvalue weighted by molar-refractivity contribution is 0.242. The molecule has 1 N–H and O–H groups in total. The van der Waals surface area contributed by atoms with Gasteiger partial charge in [0.1, 0.15) is 11.8 Å². The van der Waals surface area contributed by atoms with Gasteiger partial charge in [0.25, 0.3) is 0 Å². The zero-order chi connectivity index (χ0) is 15.2. The van der Waals surface area contributed by atoms with E-state index in [1.54, 1.807) is 12.1 Å². The third-order valence-corrected chi connectivity index (χ3v) is 3.19. The van der Waals surface area contributed by atoms with Crippen LogP contribution in [0.4, 0.5) is 5.69 Å². The molecule has 3 nitrogen and oxygen atoms in total. The van der Waals surface area contributed by atoms with Gasteiger partial charge in [-0.3, -0.25) is 0 Å². The summed E-state index contributed by atoms with van der Waals surface area (Å²) in [5, 5.41) is 12.6. The number of hydrogen-bond donors (Lipinski definition) is 1. The molecule has 0 aliphatic rings. The number of nitrogens with zero attached hydrogens (tertiary/aromatic N) is 1. The van der Waals surface area contributed by atoms with Crippen molar-refractivity contribution in [3.63, 3.8) is 0 Å². The first-order chi connectivity index (χ1) is 10.1. The molecule has 0 saturated heterocycles. The van der Waals surface area contributed by atoms with E-state index < -0.39 is 0 Å². The molecule has 0 radical (unpaired) electrons. The average molecular weight is 301 g/mol. The number of halogens is 1. The Labute approximate surface area is 130 Å². The summed E-state index contributed by atoms with van der Waals surface area (Å²) in [6.07, 6.45) is 0.176. The standard InChI is InChI=1S/C17H17ClN2O/c1-12(2)21-16-7-3-13(4-8-16)11-20-15-6-5-14(10-19)17(18)9-15/h3-9,12,20H,11H2,1-2H3. The minimum absolute atomic E-state index is 0.176. The van der Waals surface area contributed by atoms with Crippen molar-refractivity contribution in [2.45, 2.75) is 26.5 Å². The number of nitriles is 1. The van der Waals surface area contributed by atoms with Crippen LogP contribution in [0.5, 0.6) is 5.75 Å². The Balaban J connectivity index is 1.97. The van der Waals surface area contributed by atoms with Crippen LogP contribution >= 0.6 is 11.6 Å². The summed E-state index contributed by atoms with van der Waals surface area (Å²) in [7, 11) is 0. The van der Waals surface area contributed by atoms with Gasteiger partial charge in [-0.2, -0.15) is 5.26 Å². The van der Waals surface area contributed by atoms with E-state index in [2.05, 4.69) is 5.32 Å². The molecule has 0 atom stereocenters. The van der Waals surface area contributed by atoms with Crippen molar-refractivity contribution < 1.29 is 4.74 Å². The Bertz CT molecular complexity index is 645. The maximum atomic E-state index is 8.84. The lowest BCUT2D eigenvalue weighted by Gasteiger charge is -2.11. The number of ether oxygens (including phenoxy) is 1. The number of hydrogen-bond acceptors (Lipinski definition) is 3. The minimum atomic E-state index is 0.176. The second kappa shape index (κ2) is 7.01. The molecule has 0 aliphatic carbocycles. The number of nitrogens with one attached hydrogen (secondary N) is 1. The maximum absolute atomic E-state index is 8.84. The highest BCUT2D eigenvalue weighted by atomic mass is 35.5. The van der Waals surface area contributed by atoms with Gasteiger partial charge in [0.15, 0.2) is 0 Å². The van der Waals surface area contributed by atoms with E-state index in [1.807, 2.05) is 50.2 Å². The largest absolute Gasteiger partial charge is 0.491 e. The maximum Gasteiger partial charge on any atom is 0.119 e. The van der Waals surface area contributed by atoms with Crippen LogP contribution in [0, 0.1) is 11.3 Å². The Morgan fingerprint density at radius 3 is 2.48 bits per heavy atom. The number of anilines is 1. The van der Waals surface area contributed by atoms with Crippen LogP contribution in [0.15, 0.2) is 42.5 Å². The summed E-state index contributed by atoms with van der Waals surface area (Å²) in [6, 6.07) is 15.3. The molecule has 21 heavy (non-hydrogen) atoms. The van der Waals surface area contributed by atoms with Gasteiger partial charge in [-0.1, -0.05) is 23.7 Å². The Morgan fingerprint density at radius 1 is 1.19 bits per heavy atom. The van der Waals surface area contributed by atoms with Crippen LogP contribution in [-0.2, 0) is 6.54 Å². The molecule has 2 aromatic carbocycles. The molecule has 4 heteroatoms. The second-order valence-electron chi connectivity index (χ2n) is 4.97. The fourth-order valence-corrected chi connectivity index (χ4v) is 2.10. The van der Waals surface area contributed by atoms with Gasteiger partial charge >= 0.3 is 0 Å². The van der Waals surface area contributed by atoms with E-state index >= 15 is 0 Å². The summed E-state index contributed by atoms with van der Waals surface area (Å²) < 4.78 is 5.60. The third kappa shape index (κ3) is 4.40. The van der Waals surface area contributed by atoms with Gasteiger partial charge in [-0.05, 0) is 49.7 Å². The van der Waals surface area contributed by atoms with Crippen molar-refractivity contribution in [3.8, 4) is 11.8 Å². The molecule has 0 aromatic heterocycles. The van der Waals surface area contributed by atoms with Crippen molar-refractivity contribution in [1.82, 2.24) is 0 Å². The summed E-state index contributed by atoms with van der Waals surface area (Å²) in [6.45, 7) is 4.69. The summed E-state index contributed by atoms with van der Waals surface area (Å²) >= 11 is 6.00. The van der Waals surface area contributed by atoms with Crippen LogP contribution in [0.3, 0.4) is 0 Å². The molecule has 0 saturated carbocycles. The van der Waals surface area contributed by atoms with E-state index in [0.29, 0.717) is 17.1 Å². The molecule has 0 bridgehead atoms. The number of benzene rings is 2. The van der Waals surface area contributed by atoms with E-state index in [-0.39, 0.29) is 6.10 Å². The van der Waals surface area contributed by atoms with E-state index in [9.17, 15) is 0 Å². The molecular formula is C17H17ClN2O. The van der Waals surface area contributed by atoms with Gasteiger partial charge in [-0.25, -0.2) is 0 Å². The second-order valence-corrected chi connectivity index (χ2v) is 5.38. The topological polar surface area (TPSA) is 45.0 Å².